The Morgan fingerprint density at radius 2 is 2.16 bits per heavy atom. The monoisotopic (exact) mass is 362 g/mol. The Morgan fingerprint density at radius 3 is 2.88 bits per heavy atom. The van der Waals surface area contributed by atoms with Gasteiger partial charge in [0.2, 0.25) is 5.91 Å². The molecule has 1 heterocycles. The molecule has 1 aromatic heterocycles. The van der Waals surface area contributed by atoms with Crippen molar-refractivity contribution in [3.05, 3.63) is 46.2 Å². The van der Waals surface area contributed by atoms with Crippen molar-refractivity contribution >= 4 is 35.1 Å². The standard InChI is InChI=1S/C16H18N4O4S/c1-2-6-24-15(23)10-4-3-5-11(7-10)18-14(22)9-25-16-19-12(17)8-13(21)20-16/h3-5,7-8H,2,6,9H2,1H3,(H,18,22)(H3,17,19,20,21). The molecule has 25 heavy (non-hydrogen) atoms. The molecule has 0 aliphatic heterocycles. The maximum absolute atomic E-state index is 12.0. The average molecular weight is 362 g/mol. The molecule has 0 unspecified atom stereocenters. The molecule has 2 rings (SSSR count). The van der Waals surface area contributed by atoms with Crippen LogP contribution in [-0.2, 0) is 9.53 Å². The topological polar surface area (TPSA) is 127 Å². The molecule has 1 aromatic carbocycles. The van der Waals surface area contributed by atoms with Crippen LogP contribution >= 0.6 is 11.8 Å². The van der Waals surface area contributed by atoms with Crippen molar-refractivity contribution in [3.63, 3.8) is 0 Å². The minimum Gasteiger partial charge on any atom is -0.462 e. The first-order valence-electron chi connectivity index (χ1n) is 7.54. The molecular formula is C16H18N4O4S. The van der Waals surface area contributed by atoms with Crippen molar-refractivity contribution in [1.82, 2.24) is 9.97 Å². The fourth-order valence-electron chi connectivity index (χ4n) is 1.85. The van der Waals surface area contributed by atoms with Gasteiger partial charge < -0.3 is 20.8 Å². The Balaban J connectivity index is 1.94. The van der Waals surface area contributed by atoms with E-state index in [0.29, 0.717) is 17.9 Å². The van der Waals surface area contributed by atoms with Gasteiger partial charge in [0, 0.05) is 11.8 Å². The van der Waals surface area contributed by atoms with Crippen LogP contribution < -0.4 is 16.6 Å². The number of ether oxygens (including phenoxy) is 1. The number of carbonyl (C=O) groups excluding carboxylic acids is 2. The summed E-state index contributed by atoms with van der Waals surface area (Å²) in [5.74, 6) is -0.635. The molecule has 0 radical (unpaired) electrons. The second-order valence-corrected chi connectivity index (χ2v) is 5.99. The quantitative estimate of drug-likeness (QED) is 0.388. The van der Waals surface area contributed by atoms with Crippen LogP contribution in [0.25, 0.3) is 0 Å². The lowest BCUT2D eigenvalue weighted by Gasteiger charge is -2.07. The first-order valence-corrected chi connectivity index (χ1v) is 8.53. The Bertz CT molecular complexity index is 822. The van der Waals surface area contributed by atoms with E-state index in [9.17, 15) is 14.4 Å². The van der Waals surface area contributed by atoms with E-state index in [-0.39, 0.29) is 28.2 Å². The van der Waals surface area contributed by atoms with Crippen LogP contribution in [-0.4, -0.2) is 34.2 Å². The molecule has 0 aliphatic rings. The highest BCUT2D eigenvalue weighted by Crippen LogP contribution is 2.15. The number of nitrogens with two attached hydrogens (primary N) is 1. The Kier molecular flexibility index (Phi) is 6.58. The molecule has 132 valence electrons. The maximum atomic E-state index is 12.0. The molecule has 1 amide bonds. The minimum atomic E-state index is -0.436. The number of carbonyl (C=O) groups is 2. The van der Waals surface area contributed by atoms with Gasteiger partial charge in [-0.1, -0.05) is 24.8 Å². The largest absolute Gasteiger partial charge is 0.462 e. The van der Waals surface area contributed by atoms with Crippen LogP contribution in [0, 0.1) is 0 Å². The number of amides is 1. The smallest absolute Gasteiger partial charge is 0.338 e. The van der Waals surface area contributed by atoms with Gasteiger partial charge in [0.05, 0.1) is 17.9 Å². The second kappa shape index (κ2) is 8.88. The summed E-state index contributed by atoms with van der Waals surface area (Å²) in [5.41, 5.74) is 5.94. The van der Waals surface area contributed by atoms with Gasteiger partial charge in [-0.25, -0.2) is 9.78 Å². The van der Waals surface area contributed by atoms with Gasteiger partial charge in [0.25, 0.3) is 5.56 Å². The summed E-state index contributed by atoms with van der Waals surface area (Å²) >= 11 is 1.05. The van der Waals surface area contributed by atoms with E-state index in [4.69, 9.17) is 10.5 Å². The summed E-state index contributed by atoms with van der Waals surface area (Å²) in [7, 11) is 0. The number of thioether (sulfide) groups is 1. The van der Waals surface area contributed by atoms with Gasteiger partial charge in [-0.2, -0.15) is 0 Å². The summed E-state index contributed by atoms with van der Waals surface area (Å²) in [6.07, 6.45) is 0.736. The lowest BCUT2D eigenvalue weighted by Crippen LogP contribution is -2.16. The highest BCUT2D eigenvalue weighted by molar-refractivity contribution is 7.99. The highest BCUT2D eigenvalue weighted by atomic mass is 32.2. The van der Waals surface area contributed by atoms with Crippen molar-refractivity contribution < 1.29 is 14.3 Å². The third-order valence-electron chi connectivity index (χ3n) is 2.90. The van der Waals surface area contributed by atoms with Crippen molar-refractivity contribution in [1.29, 1.82) is 0 Å². The molecule has 9 heteroatoms. The third-order valence-corrected chi connectivity index (χ3v) is 3.77. The number of nitrogen functional groups attached to an aromatic ring is 1. The van der Waals surface area contributed by atoms with E-state index in [1.807, 2.05) is 6.92 Å². The molecule has 0 fully saturated rings. The summed E-state index contributed by atoms with van der Waals surface area (Å²) in [6.45, 7) is 2.25. The first-order chi connectivity index (χ1) is 12.0. The summed E-state index contributed by atoms with van der Waals surface area (Å²) in [5, 5.41) is 2.94. The maximum Gasteiger partial charge on any atom is 0.338 e. The second-order valence-electron chi connectivity index (χ2n) is 5.03. The number of hydrogen-bond acceptors (Lipinski definition) is 7. The summed E-state index contributed by atoms with van der Waals surface area (Å²) < 4.78 is 5.06. The van der Waals surface area contributed by atoms with E-state index in [1.165, 1.54) is 0 Å². The average Bonchev–Trinajstić information content (AvgIpc) is 2.57. The van der Waals surface area contributed by atoms with Crippen LogP contribution in [0.3, 0.4) is 0 Å². The van der Waals surface area contributed by atoms with Crippen molar-refractivity contribution in [2.45, 2.75) is 18.5 Å². The Morgan fingerprint density at radius 1 is 1.36 bits per heavy atom. The number of H-pyrrole nitrogens is 1. The Labute approximate surface area is 148 Å². The lowest BCUT2D eigenvalue weighted by molar-refractivity contribution is -0.113. The van der Waals surface area contributed by atoms with E-state index in [2.05, 4.69) is 15.3 Å². The van der Waals surface area contributed by atoms with Gasteiger partial charge in [0.1, 0.15) is 5.82 Å². The van der Waals surface area contributed by atoms with E-state index < -0.39 is 5.97 Å². The summed E-state index contributed by atoms with van der Waals surface area (Å²) in [4.78, 5) is 41.5. The van der Waals surface area contributed by atoms with Gasteiger partial charge in [-0.15, -0.1) is 0 Å². The molecule has 2 aromatic rings. The van der Waals surface area contributed by atoms with Crippen molar-refractivity contribution in [3.8, 4) is 0 Å². The molecular weight excluding hydrogens is 344 g/mol. The predicted octanol–water partition coefficient (Wildman–Crippen LogP) is 1.65. The molecule has 0 aliphatic carbocycles. The number of rotatable bonds is 7. The van der Waals surface area contributed by atoms with Crippen LogP contribution in [0.4, 0.5) is 11.5 Å². The lowest BCUT2D eigenvalue weighted by atomic mass is 10.2. The van der Waals surface area contributed by atoms with E-state index in [0.717, 1.165) is 24.2 Å². The van der Waals surface area contributed by atoms with E-state index >= 15 is 0 Å². The number of hydrogen-bond donors (Lipinski definition) is 3. The van der Waals surface area contributed by atoms with Crippen LogP contribution in [0.5, 0.6) is 0 Å². The molecule has 8 nitrogen and oxygen atoms in total. The first kappa shape index (κ1) is 18.5. The van der Waals surface area contributed by atoms with Crippen LogP contribution in [0.1, 0.15) is 23.7 Å². The summed E-state index contributed by atoms with van der Waals surface area (Å²) in [6, 6.07) is 7.64. The van der Waals surface area contributed by atoms with Gasteiger partial charge >= 0.3 is 5.97 Å². The van der Waals surface area contributed by atoms with E-state index in [1.54, 1.807) is 24.3 Å². The molecule has 4 N–H and O–H groups in total. The molecule has 0 bridgehead atoms. The number of aromatic amines is 1. The van der Waals surface area contributed by atoms with Crippen LogP contribution in [0.2, 0.25) is 0 Å². The number of nitrogens with zero attached hydrogens (tertiary/aromatic N) is 1. The predicted molar refractivity (Wildman–Crippen MR) is 95.6 cm³/mol. The van der Waals surface area contributed by atoms with Gasteiger partial charge in [-0.05, 0) is 24.6 Å². The van der Waals surface area contributed by atoms with Crippen molar-refractivity contribution in [2.24, 2.45) is 0 Å². The molecule has 0 saturated carbocycles. The zero-order valence-electron chi connectivity index (χ0n) is 13.6. The SMILES string of the molecule is CCCOC(=O)c1cccc(NC(=O)CSc2nc(N)cc(=O)[nH]2)c1. The number of esters is 1. The van der Waals surface area contributed by atoms with Crippen LogP contribution in [0.15, 0.2) is 40.3 Å². The zero-order valence-corrected chi connectivity index (χ0v) is 14.4. The fraction of sp³-hybridized carbons (Fsp3) is 0.250. The number of anilines is 2. The third kappa shape index (κ3) is 5.96. The highest BCUT2D eigenvalue weighted by Gasteiger charge is 2.10. The van der Waals surface area contributed by atoms with Gasteiger partial charge in [0.15, 0.2) is 5.16 Å². The number of nitrogens with one attached hydrogen (secondary N) is 2. The minimum absolute atomic E-state index is 0.0247. The van der Waals surface area contributed by atoms with Crippen molar-refractivity contribution in [2.75, 3.05) is 23.4 Å². The molecule has 0 saturated heterocycles. The normalized spacial score (nSPS) is 10.3. The fourth-order valence-corrected chi connectivity index (χ4v) is 2.54. The Hall–Kier alpha value is -2.81. The molecule has 0 atom stereocenters. The molecule has 0 spiro atoms. The van der Waals surface area contributed by atoms with Gasteiger partial charge in [-0.3, -0.25) is 9.59 Å². The number of benzene rings is 1. The number of aromatic nitrogens is 2. The zero-order chi connectivity index (χ0) is 18.2.